The summed E-state index contributed by atoms with van der Waals surface area (Å²) >= 11 is 0. The molecule has 2 aliphatic heterocycles. The van der Waals surface area contributed by atoms with Crippen molar-refractivity contribution >= 4 is 34.9 Å². The Labute approximate surface area is 200 Å². The lowest BCUT2D eigenvalue weighted by Crippen LogP contribution is -2.50. The zero-order valence-corrected chi connectivity index (χ0v) is 18.7. The van der Waals surface area contributed by atoms with E-state index in [0.717, 1.165) is 12.8 Å². The Morgan fingerprint density at radius 3 is 2.83 bits per heavy atom. The number of amides is 4. The third-order valence-electron chi connectivity index (χ3n) is 5.90. The van der Waals surface area contributed by atoms with Gasteiger partial charge in [-0.1, -0.05) is 6.07 Å². The monoisotopic (exact) mass is 485 g/mol. The summed E-state index contributed by atoms with van der Waals surface area (Å²) in [5.41, 5.74) is 0.312. The molecule has 0 aromatic heterocycles. The molecule has 1 atom stereocenters. The third kappa shape index (κ3) is 5.83. The van der Waals surface area contributed by atoms with Crippen LogP contribution in [0.5, 0.6) is 5.75 Å². The standard InChI is InChI=1S/C23H24FN5O6/c24-16-4-1-5-17(9-16)26-23(32)25-11-15-3-2-8-27(12-15)21(30)13-28-19-10-18(29(33)34)6-7-20(19)35-14-22(28)31/h1,4-7,9-10,15H,2-3,8,11-14H2,(H2,25,26,32). The molecule has 0 bridgehead atoms. The SMILES string of the molecule is O=C(NCC1CCCN(C(=O)CN2C(=O)COc3ccc([N+](=O)[O-])cc32)C1)Nc1cccc(F)c1. The molecule has 1 unspecified atom stereocenters. The summed E-state index contributed by atoms with van der Waals surface area (Å²) in [4.78, 5) is 51.0. The quantitative estimate of drug-likeness (QED) is 0.477. The van der Waals surface area contributed by atoms with Crippen LogP contribution in [-0.4, -0.2) is 60.5 Å². The minimum atomic E-state index is -0.577. The Morgan fingerprint density at radius 1 is 1.23 bits per heavy atom. The Morgan fingerprint density at radius 2 is 2.06 bits per heavy atom. The molecule has 184 valence electrons. The van der Waals surface area contributed by atoms with Gasteiger partial charge in [-0.2, -0.15) is 0 Å². The van der Waals surface area contributed by atoms with E-state index in [4.69, 9.17) is 4.74 Å². The maximum absolute atomic E-state index is 13.3. The molecule has 1 fully saturated rings. The number of likely N-dealkylation sites (tertiary alicyclic amines) is 1. The average Bonchev–Trinajstić information content (AvgIpc) is 2.84. The number of hydrogen-bond acceptors (Lipinski definition) is 6. The molecule has 4 rings (SSSR count). The Balaban J connectivity index is 1.34. The molecule has 1 saturated heterocycles. The maximum Gasteiger partial charge on any atom is 0.319 e. The lowest BCUT2D eigenvalue weighted by molar-refractivity contribution is -0.384. The molecular weight excluding hydrogens is 461 g/mol. The van der Waals surface area contributed by atoms with Crippen LogP contribution in [0.4, 0.5) is 26.2 Å². The van der Waals surface area contributed by atoms with Crippen molar-refractivity contribution in [1.29, 1.82) is 0 Å². The fourth-order valence-electron chi connectivity index (χ4n) is 4.15. The molecule has 0 radical (unpaired) electrons. The normalized spacial score (nSPS) is 17.3. The number of benzene rings is 2. The van der Waals surface area contributed by atoms with Crippen molar-refractivity contribution in [2.75, 3.05) is 43.0 Å². The van der Waals surface area contributed by atoms with E-state index in [1.165, 1.54) is 41.3 Å². The predicted octanol–water partition coefficient (Wildman–Crippen LogP) is 2.52. The highest BCUT2D eigenvalue weighted by Gasteiger charge is 2.32. The number of carbonyl (C=O) groups excluding carboxylic acids is 3. The smallest absolute Gasteiger partial charge is 0.319 e. The molecular formula is C23H24FN5O6. The van der Waals surface area contributed by atoms with E-state index in [2.05, 4.69) is 10.6 Å². The van der Waals surface area contributed by atoms with E-state index >= 15 is 0 Å². The van der Waals surface area contributed by atoms with Crippen LogP contribution in [0.1, 0.15) is 12.8 Å². The number of nitrogens with one attached hydrogen (secondary N) is 2. The number of nitrogens with zero attached hydrogens (tertiary/aromatic N) is 3. The van der Waals surface area contributed by atoms with Crippen molar-refractivity contribution in [1.82, 2.24) is 10.2 Å². The van der Waals surface area contributed by atoms with Gasteiger partial charge in [-0.05, 0) is 43.0 Å². The summed E-state index contributed by atoms with van der Waals surface area (Å²) in [6.07, 6.45) is 1.53. The van der Waals surface area contributed by atoms with Crippen LogP contribution < -0.4 is 20.3 Å². The largest absolute Gasteiger partial charge is 0.482 e. The van der Waals surface area contributed by atoms with Crippen LogP contribution in [0.2, 0.25) is 0 Å². The van der Waals surface area contributed by atoms with Crippen LogP contribution in [0.25, 0.3) is 0 Å². The van der Waals surface area contributed by atoms with E-state index in [9.17, 15) is 28.9 Å². The Hall–Kier alpha value is -4.22. The van der Waals surface area contributed by atoms with Crippen LogP contribution in [-0.2, 0) is 9.59 Å². The van der Waals surface area contributed by atoms with Gasteiger partial charge in [-0.3, -0.25) is 24.6 Å². The van der Waals surface area contributed by atoms with Gasteiger partial charge in [0.2, 0.25) is 5.91 Å². The number of piperidine rings is 1. The highest BCUT2D eigenvalue weighted by molar-refractivity contribution is 6.02. The fourth-order valence-corrected chi connectivity index (χ4v) is 4.15. The zero-order chi connectivity index (χ0) is 24.9. The fraction of sp³-hybridized carbons (Fsp3) is 0.348. The molecule has 0 spiro atoms. The van der Waals surface area contributed by atoms with Crippen molar-refractivity contribution < 1.29 is 28.4 Å². The van der Waals surface area contributed by atoms with Crippen LogP contribution in [0, 0.1) is 21.8 Å². The number of hydrogen-bond donors (Lipinski definition) is 2. The summed E-state index contributed by atoms with van der Waals surface area (Å²) in [6, 6.07) is 8.99. The molecule has 2 N–H and O–H groups in total. The van der Waals surface area contributed by atoms with Gasteiger partial charge in [0, 0.05) is 37.5 Å². The second-order valence-corrected chi connectivity index (χ2v) is 8.37. The lowest BCUT2D eigenvalue weighted by atomic mass is 9.98. The molecule has 35 heavy (non-hydrogen) atoms. The molecule has 0 saturated carbocycles. The number of fused-ring (bicyclic) bond motifs is 1. The van der Waals surface area contributed by atoms with Gasteiger partial charge in [-0.15, -0.1) is 0 Å². The summed E-state index contributed by atoms with van der Waals surface area (Å²) in [7, 11) is 0. The first-order chi connectivity index (χ1) is 16.8. The van der Waals surface area contributed by atoms with Crippen molar-refractivity contribution in [2.45, 2.75) is 12.8 Å². The van der Waals surface area contributed by atoms with Crippen molar-refractivity contribution in [3.8, 4) is 5.75 Å². The second-order valence-electron chi connectivity index (χ2n) is 8.37. The number of carbonyl (C=O) groups is 3. The van der Waals surface area contributed by atoms with Gasteiger partial charge in [0.05, 0.1) is 10.6 Å². The molecule has 2 heterocycles. The van der Waals surface area contributed by atoms with E-state index in [1.807, 2.05) is 0 Å². The van der Waals surface area contributed by atoms with Gasteiger partial charge in [-0.25, -0.2) is 9.18 Å². The topological polar surface area (TPSA) is 134 Å². The van der Waals surface area contributed by atoms with Gasteiger partial charge < -0.3 is 20.3 Å². The zero-order valence-electron chi connectivity index (χ0n) is 18.7. The number of anilines is 2. The van der Waals surface area contributed by atoms with Crippen LogP contribution >= 0.6 is 0 Å². The molecule has 2 aliphatic rings. The van der Waals surface area contributed by atoms with E-state index in [0.29, 0.717) is 31.1 Å². The highest BCUT2D eigenvalue weighted by Crippen LogP contribution is 2.35. The molecule has 12 heteroatoms. The van der Waals surface area contributed by atoms with Gasteiger partial charge in [0.15, 0.2) is 6.61 Å². The molecule has 2 aromatic carbocycles. The van der Waals surface area contributed by atoms with Crippen molar-refractivity contribution in [3.63, 3.8) is 0 Å². The van der Waals surface area contributed by atoms with E-state index < -0.39 is 22.7 Å². The summed E-state index contributed by atoms with van der Waals surface area (Å²) < 4.78 is 18.6. The maximum atomic E-state index is 13.3. The highest BCUT2D eigenvalue weighted by atomic mass is 19.1. The van der Waals surface area contributed by atoms with Gasteiger partial charge >= 0.3 is 6.03 Å². The average molecular weight is 485 g/mol. The lowest BCUT2D eigenvalue weighted by Gasteiger charge is -2.35. The summed E-state index contributed by atoms with van der Waals surface area (Å²) in [6.45, 7) is 0.683. The van der Waals surface area contributed by atoms with Crippen molar-refractivity contribution in [2.24, 2.45) is 5.92 Å². The molecule has 4 amide bonds. The summed E-state index contributed by atoms with van der Waals surface area (Å²) in [5.74, 6) is -0.921. The number of nitro groups is 1. The minimum absolute atomic E-state index is 0.000256. The summed E-state index contributed by atoms with van der Waals surface area (Å²) in [5, 5.41) is 16.4. The second kappa shape index (κ2) is 10.4. The Bertz CT molecular complexity index is 1160. The molecule has 2 aromatic rings. The van der Waals surface area contributed by atoms with E-state index in [1.54, 1.807) is 11.0 Å². The first-order valence-electron chi connectivity index (χ1n) is 11.1. The predicted molar refractivity (Wildman–Crippen MR) is 124 cm³/mol. The minimum Gasteiger partial charge on any atom is -0.482 e. The van der Waals surface area contributed by atoms with Crippen LogP contribution in [0.15, 0.2) is 42.5 Å². The first kappa shape index (κ1) is 23.9. The third-order valence-corrected chi connectivity index (χ3v) is 5.90. The number of non-ortho nitro benzene ring substituents is 1. The molecule has 0 aliphatic carbocycles. The van der Waals surface area contributed by atoms with E-state index in [-0.39, 0.29) is 36.4 Å². The van der Waals surface area contributed by atoms with Crippen LogP contribution in [0.3, 0.4) is 0 Å². The van der Waals surface area contributed by atoms with Crippen molar-refractivity contribution in [3.05, 3.63) is 58.4 Å². The Kier molecular flexibility index (Phi) is 7.09. The number of ether oxygens (including phenoxy) is 1. The number of urea groups is 1. The number of halogens is 1. The molecule has 11 nitrogen and oxygen atoms in total. The first-order valence-corrected chi connectivity index (χ1v) is 11.1. The number of nitro benzene ring substituents is 1. The van der Waals surface area contributed by atoms with Gasteiger partial charge in [0.1, 0.15) is 18.1 Å². The van der Waals surface area contributed by atoms with Gasteiger partial charge in [0.25, 0.3) is 11.6 Å². The number of rotatable bonds is 6.